The van der Waals surface area contributed by atoms with E-state index in [1.807, 2.05) is 11.0 Å². The van der Waals surface area contributed by atoms with E-state index in [-0.39, 0.29) is 11.9 Å². The standard InChI is InChI=1S/C13H15BrN2OS/c14-11-3-1-2-9-6-16(5-4-10(9)11)13(17)12-7-18-8-15-12/h1-3,12,15H,4-8H2. The van der Waals surface area contributed by atoms with Gasteiger partial charge in [0.1, 0.15) is 0 Å². The van der Waals surface area contributed by atoms with Crippen LogP contribution < -0.4 is 5.32 Å². The number of nitrogens with zero attached hydrogens (tertiary/aromatic N) is 1. The van der Waals surface area contributed by atoms with Crippen LogP contribution in [0.4, 0.5) is 0 Å². The quantitative estimate of drug-likeness (QED) is 0.856. The lowest BCUT2D eigenvalue weighted by atomic mass is 9.99. The minimum atomic E-state index is 0.0173. The number of hydrogen-bond donors (Lipinski definition) is 1. The highest BCUT2D eigenvalue weighted by Gasteiger charge is 2.29. The molecule has 0 spiro atoms. The Labute approximate surface area is 119 Å². The largest absolute Gasteiger partial charge is 0.337 e. The number of benzene rings is 1. The second kappa shape index (κ2) is 5.23. The average molecular weight is 327 g/mol. The van der Waals surface area contributed by atoms with E-state index in [2.05, 4.69) is 33.4 Å². The van der Waals surface area contributed by atoms with Crippen LogP contribution in [0.1, 0.15) is 11.1 Å². The van der Waals surface area contributed by atoms with E-state index in [0.29, 0.717) is 0 Å². The molecule has 0 aromatic heterocycles. The fourth-order valence-corrected chi connectivity index (χ4v) is 4.06. The first-order chi connectivity index (χ1) is 8.75. The van der Waals surface area contributed by atoms with Gasteiger partial charge in [-0.25, -0.2) is 0 Å². The van der Waals surface area contributed by atoms with Crippen LogP contribution >= 0.6 is 27.7 Å². The van der Waals surface area contributed by atoms with Crippen LogP contribution in [0.2, 0.25) is 0 Å². The van der Waals surface area contributed by atoms with Crippen molar-refractivity contribution in [1.29, 1.82) is 0 Å². The summed E-state index contributed by atoms with van der Waals surface area (Å²) < 4.78 is 1.17. The zero-order valence-corrected chi connectivity index (χ0v) is 12.4. The molecule has 2 heterocycles. The Bertz CT molecular complexity index is 474. The van der Waals surface area contributed by atoms with E-state index < -0.39 is 0 Å². The Hall–Kier alpha value is -0.520. The molecule has 1 unspecified atom stereocenters. The molecule has 1 amide bonds. The Morgan fingerprint density at radius 2 is 2.39 bits per heavy atom. The number of carbonyl (C=O) groups excluding carboxylic acids is 1. The predicted octanol–water partition coefficient (Wildman–Crippen LogP) is 2.00. The molecule has 0 saturated carbocycles. The monoisotopic (exact) mass is 326 g/mol. The zero-order valence-electron chi connectivity index (χ0n) is 9.99. The smallest absolute Gasteiger partial charge is 0.240 e. The molecule has 3 nitrogen and oxygen atoms in total. The van der Waals surface area contributed by atoms with E-state index in [1.54, 1.807) is 11.8 Å². The Balaban J connectivity index is 1.76. The van der Waals surface area contributed by atoms with Gasteiger partial charge in [-0.05, 0) is 23.6 Å². The van der Waals surface area contributed by atoms with Gasteiger partial charge >= 0.3 is 0 Å². The minimum Gasteiger partial charge on any atom is -0.337 e. The Kier molecular flexibility index (Phi) is 3.63. The molecular weight excluding hydrogens is 312 g/mol. The molecule has 3 rings (SSSR count). The SMILES string of the molecule is O=C(C1CSCN1)N1CCc2c(Br)cccc2C1. The van der Waals surface area contributed by atoms with Crippen LogP contribution in [0.15, 0.2) is 22.7 Å². The van der Waals surface area contributed by atoms with Gasteiger partial charge in [-0.1, -0.05) is 28.1 Å². The molecule has 1 saturated heterocycles. The van der Waals surface area contributed by atoms with Crippen LogP contribution in [0.3, 0.4) is 0 Å². The van der Waals surface area contributed by atoms with Crippen molar-refractivity contribution < 1.29 is 4.79 Å². The summed E-state index contributed by atoms with van der Waals surface area (Å²) in [6.45, 7) is 1.58. The maximum atomic E-state index is 12.3. The van der Waals surface area contributed by atoms with Crippen molar-refractivity contribution in [3.63, 3.8) is 0 Å². The molecule has 2 aliphatic heterocycles. The lowest BCUT2D eigenvalue weighted by molar-refractivity contribution is -0.133. The highest BCUT2D eigenvalue weighted by Crippen LogP contribution is 2.27. The number of fused-ring (bicyclic) bond motifs is 1. The summed E-state index contributed by atoms with van der Waals surface area (Å²) in [7, 11) is 0. The summed E-state index contributed by atoms with van der Waals surface area (Å²) in [6, 6.07) is 6.26. The summed E-state index contributed by atoms with van der Waals surface area (Å²) in [5.41, 5.74) is 2.63. The summed E-state index contributed by atoms with van der Waals surface area (Å²) >= 11 is 5.38. The van der Waals surface area contributed by atoms with Gasteiger partial charge in [0.05, 0.1) is 6.04 Å². The summed E-state index contributed by atoms with van der Waals surface area (Å²) in [5, 5.41) is 3.25. The second-order valence-electron chi connectivity index (χ2n) is 4.66. The van der Waals surface area contributed by atoms with Crippen molar-refractivity contribution in [2.75, 3.05) is 18.2 Å². The van der Waals surface area contributed by atoms with E-state index in [9.17, 15) is 4.79 Å². The van der Waals surface area contributed by atoms with E-state index in [1.165, 1.54) is 15.6 Å². The number of carbonyl (C=O) groups is 1. The van der Waals surface area contributed by atoms with Gasteiger partial charge in [-0.3, -0.25) is 10.1 Å². The third-order valence-corrected chi connectivity index (χ3v) is 5.22. The molecule has 0 bridgehead atoms. The number of halogens is 1. The van der Waals surface area contributed by atoms with Gasteiger partial charge in [0, 0.05) is 29.2 Å². The van der Waals surface area contributed by atoms with Crippen molar-refractivity contribution >= 4 is 33.6 Å². The molecule has 1 aromatic rings. The molecule has 1 N–H and O–H groups in total. The second-order valence-corrected chi connectivity index (χ2v) is 6.54. The lowest BCUT2D eigenvalue weighted by Crippen LogP contribution is -2.46. The summed E-state index contributed by atoms with van der Waals surface area (Å²) in [6.07, 6.45) is 0.947. The van der Waals surface area contributed by atoms with Gasteiger partial charge < -0.3 is 4.90 Å². The molecule has 0 aliphatic carbocycles. The van der Waals surface area contributed by atoms with Gasteiger partial charge in [-0.2, -0.15) is 0 Å². The maximum absolute atomic E-state index is 12.3. The third kappa shape index (κ3) is 2.31. The minimum absolute atomic E-state index is 0.0173. The first-order valence-corrected chi connectivity index (χ1v) is 8.06. The predicted molar refractivity (Wildman–Crippen MR) is 77.5 cm³/mol. The molecule has 96 valence electrons. The van der Waals surface area contributed by atoms with Gasteiger partial charge in [0.25, 0.3) is 0 Å². The van der Waals surface area contributed by atoms with Crippen LogP contribution in [-0.2, 0) is 17.8 Å². The van der Waals surface area contributed by atoms with Crippen molar-refractivity contribution in [2.24, 2.45) is 0 Å². The van der Waals surface area contributed by atoms with Crippen LogP contribution in [0.5, 0.6) is 0 Å². The molecular formula is C13H15BrN2OS. The zero-order chi connectivity index (χ0) is 12.5. The van der Waals surface area contributed by atoms with Crippen LogP contribution in [-0.4, -0.2) is 35.0 Å². The van der Waals surface area contributed by atoms with Crippen molar-refractivity contribution in [1.82, 2.24) is 10.2 Å². The molecule has 0 radical (unpaired) electrons. The number of thioether (sulfide) groups is 1. The number of rotatable bonds is 1. The molecule has 1 fully saturated rings. The average Bonchev–Trinajstić information content (AvgIpc) is 2.91. The first kappa shape index (κ1) is 12.5. The third-order valence-electron chi connectivity index (χ3n) is 3.53. The number of amides is 1. The topological polar surface area (TPSA) is 32.3 Å². The van der Waals surface area contributed by atoms with E-state index in [0.717, 1.165) is 31.1 Å². The Morgan fingerprint density at radius 1 is 1.50 bits per heavy atom. The Morgan fingerprint density at radius 3 is 3.17 bits per heavy atom. The first-order valence-electron chi connectivity index (χ1n) is 6.12. The van der Waals surface area contributed by atoms with Crippen LogP contribution in [0.25, 0.3) is 0 Å². The summed E-state index contributed by atoms with van der Waals surface area (Å²) in [4.78, 5) is 14.3. The van der Waals surface area contributed by atoms with E-state index in [4.69, 9.17) is 0 Å². The van der Waals surface area contributed by atoms with Crippen molar-refractivity contribution in [2.45, 2.75) is 19.0 Å². The van der Waals surface area contributed by atoms with Gasteiger partial charge in [0.2, 0.25) is 5.91 Å². The summed E-state index contributed by atoms with van der Waals surface area (Å²) in [5.74, 6) is 2.05. The number of nitrogens with one attached hydrogen (secondary N) is 1. The van der Waals surface area contributed by atoms with Crippen molar-refractivity contribution in [3.8, 4) is 0 Å². The molecule has 18 heavy (non-hydrogen) atoms. The van der Waals surface area contributed by atoms with Crippen LogP contribution in [0, 0.1) is 0 Å². The molecule has 1 atom stereocenters. The molecule has 1 aromatic carbocycles. The normalized spacial score (nSPS) is 22.9. The number of hydrogen-bond acceptors (Lipinski definition) is 3. The maximum Gasteiger partial charge on any atom is 0.240 e. The fraction of sp³-hybridized carbons (Fsp3) is 0.462. The van der Waals surface area contributed by atoms with E-state index >= 15 is 0 Å². The lowest BCUT2D eigenvalue weighted by Gasteiger charge is -2.31. The molecule has 2 aliphatic rings. The highest BCUT2D eigenvalue weighted by molar-refractivity contribution is 9.10. The fourth-order valence-electron chi connectivity index (χ4n) is 2.53. The highest BCUT2D eigenvalue weighted by atomic mass is 79.9. The van der Waals surface area contributed by atoms with Crippen molar-refractivity contribution in [3.05, 3.63) is 33.8 Å². The van der Waals surface area contributed by atoms with Gasteiger partial charge in [0.15, 0.2) is 0 Å². The molecule has 5 heteroatoms. The van der Waals surface area contributed by atoms with Gasteiger partial charge in [-0.15, -0.1) is 11.8 Å².